The molecular formula is C19H18FNO3. The van der Waals surface area contributed by atoms with Crippen molar-refractivity contribution in [1.82, 2.24) is 0 Å². The number of halogens is 1. The molecule has 124 valence electrons. The lowest BCUT2D eigenvalue weighted by molar-refractivity contribution is -0.151. The first-order valence-electron chi connectivity index (χ1n) is 7.44. The number of nitrogens with zero attached hydrogens (tertiary/aromatic N) is 1. The summed E-state index contributed by atoms with van der Waals surface area (Å²) in [5, 5.41) is 0. The zero-order chi connectivity index (χ0) is 17.7. The molecule has 5 heteroatoms. The summed E-state index contributed by atoms with van der Waals surface area (Å²) in [5.74, 6) is -2.45. The monoisotopic (exact) mass is 327 g/mol. The smallest absolute Gasteiger partial charge is 0.397 e. The van der Waals surface area contributed by atoms with E-state index in [0.717, 1.165) is 17.6 Å². The van der Waals surface area contributed by atoms with Gasteiger partial charge in [-0.25, -0.2) is 9.18 Å². The van der Waals surface area contributed by atoms with Gasteiger partial charge in [-0.05, 0) is 42.3 Å². The molecule has 0 bridgehead atoms. The zero-order valence-corrected chi connectivity index (χ0v) is 13.6. The minimum absolute atomic E-state index is 0.253. The van der Waals surface area contributed by atoms with E-state index < -0.39 is 17.7 Å². The van der Waals surface area contributed by atoms with E-state index >= 15 is 0 Å². The summed E-state index contributed by atoms with van der Waals surface area (Å²) in [5.41, 5.74) is 2.01. The Labute approximate surface area is 140 Å². The Morgan fingerprint density at radius 2 is 1.83 bits per heavy atom. The van der Waals surface area contributed by atoms with Crippen LogP contribution in [0.3, 0.4) is 0 Å². The quantitative estimate of drug-likeness (QED) is 0.628. The molecule has 0 spiro atoms. The van der Waals surface area contributed by atoms with Crippen LogP contribution >= 0.6 is 0 Å². The molecule has 0 aliphatic heterocycles. The van der Waals surface area contributed by atoms with E-state index in [4.69, 9.17) is 0 Å². The summed E-state index contributed by atoms with van der Waals surface area (Å²) in [4.78, 5) is 25.5. The van der Waals surface area contributed by atoms with Gasteiger partial charge in [0.1, 0.15) is 5.82 Å². The van der Waals surface area contributed by atoms with Gasteiger partial charge in [-0.1, -0.05) is 31.7 Å². The van der Waals surface area contributed by atoms with Crippen LogP contribution in [-0.2, 0) is 14.3 Å². The number of benzene rings is 2. The largest absolute Gasteiger partial charge is 0.462 e. The Bertz CT molecular complexity index is 771. The van der Waals surface area contributed by atoms with Gasteiger partial charge in [-0.15, -0.1) is 0 Å². The van der Waals surface area contributed by atoms with Crippen molar-refractivity contribution in [2.75, 3.05) is 12.0 Å². The van der Waals surface area contributed by atoms with Crippen LogP contribution in [0.5, 0.6) is 0 Å². The Hall–Kier alpha value is -2.95. The van der Waals surface area contributed by atoms with Gasteiger partial charge in [-0.2, -0.15) is 0 Å². The van der Waals surface area contributed by atoms with Crippen molar-refractivity contribution in [3.05, 3.63) is 66.5 Å². The van der Waals surface area contributed by atoms with E-state index in [2.05, 4.69) is 11.3 Å². The fourth-order valence-electron chi connectivity index (χ4n) is 2.30. The van der Waals surface area contributed by atoms with E-state index in [9.17, 15) is 14.0 Å². The van der Waals surface area contributed by atoms with E-state index in [1.54, 1.807) is 36.4 Å². The standard InChI is InChI=1S/C19H18FNO3/c1-4-13(2)16-11-10-14(20)12-17(16)21(18(22)19(23)24-3)15-8-6-5-7-9-15/h5-12H,2,4H2,1,3H3. The highest BCUT2D eigenvalue weighted by molar-refractivity contribution is 6.40. The fourth-order valence-corrected chi connectivity index (χ4v) is 2.30. The molecule has 0 unspecified atom stereocenters. The lowest BCUT2D eigenvalue weighted by atomic mass is 10.0. The molecule has 0 saturated carbocycles. The first kappa shape index (κ1) is 17.4. The van der Waals surface area contributed by atoms with Crippen LogP contribution in [0.4, 0.5) is 15.8 Å². The number of carbonyl (C=O) groups is 2. The summed E-state index contributed by atoms with van der Waals surface area (Å²) < 4.78 is 18.4. The summed E-state index contributed by atoms with van der Waals surface area (Å²) in [6, 6.07) is 12.6. The van der Waals surface area contributed by atoms with Crippen LogP contribution in [0.1, 0.15) is 18.9 Å². The molecule has 0 fully saturated rings. The summed E-state index contributed by atoms with van der Waals surface area (Å²) in [6.07, 6.45) is 0.619. The first-order valence-corrected chi connectivity index (χ1v) is 7.44. The zero-order valence-electron chi connectivity index (χ0n) is 13.6. The molecule has 0 heterocycles. The van der Waals surface area contributed by atoms with Crippen LogP contribution in [0, 0.1) is 5.82 Å². The molecular weight excluding hydrogens is 309 g/mol. The molecule has 0 aliphatic rings. The Morgan fingerprint density at radius 3 is 2.42 bits per heavy atom. The lowest BCUT2D eigenvalue weighted by Gasteiger charge is -2.25. The molecule has 0 atom stereocenters. The number of rotatable bonds is 4. The second-order valence-electron chi connectivity index (χ2n) is 5.09. The molecule has 2 aromatic carbocycles. The second-order valence-corrected chi connectivity index (χ2v) is 5.09. The van der Waals surface area contributed by atoms with E-state index in [1.807, 2.05) is 6.92 Å². The molecule has 0 saturated heterocycles. The van der Waals surface area contributed by atoms with Gasteiger partial charge in [-0.3, -0.25) is 9.69 Å². The number of ether oxygens (including phenoxy) is 1. The molecule has 2 aromatic rings. The number of esters is 1. The molecule has 4 nitrogen and oxygen atoms in total. The third kappa shape index (κ3) is 3.51. The maximum Gasteiger partial charge on any atom is 0.397 e. The first-order chi connectivity index (χ1) is 11.5. The SMILES string of the molecule is C=C(CC)c1ccc(F)cc1N(C(=O)C(=O)OC)c1ccccc1. The molecule has 0 aliphatic carbocycles. The molecule has 0 aromatic heterocycles. The van der Waals surface area contributed by atoms with Gasteiger partial charge >= 0.3 is 11.9 Å². The van der Waals surface area contributed by atoms with Gasteiger partial charge in [0.25, 0.3) is 0 Å². The summed E-state index contributed by atoms with van der Waals surface area (Å²) >= 11 is 0. The van der Waals surface area contributed by atoms with E-state index in [-0.39, 0.29) is 5.69 Å². The topological polar surface area (TPSA) is 46.6 Å². The van der Waals surface area contributed by atoms with Gasteiger partial charge in [0.2, 0.25) is 0 Å². The Morgan fingerprint density at radius 1 is 1.17 bits per heavy atom. The van der Waals surface area contributed by atoms with Gasteiger partial charge < -0.3 is 4.74 Å². The average Bonchev–Trinajstić information content (AvgIpc) is 2.61. The fraction of sp³-hybridized carbons (Fsp3) is 0.158. The Kier molecular flexibility index (Phi) is 5.47. The molecule has 1 amide bonds. The number of hydrogen-bond donors (Lipinski definition) is 0. The predicted molar refractivity (Wildman–Crippen MR) is 91.3 cm³/mol. The number of amides is 1. The number of carbonyl (C=O) groups excluding carboxylic acids is 2. The molecule has 0 N–H and O–H groups in total. The van der Waals surface area contributed by atoms with Crippen molar-refractivity contribution in [1.29, 1.82) is 0 Å². The van der Waals surface area contributed by atoms with Crippen LogP contribution in [-0.4, -0.2) is 19.0 Å². The minimum Gasteiger partial charge on any atom is -0.462 e. The number of hydrogen-bond acceptors (Lipinski definition) is 3. The highest BCUT2D eigenvalue weighted by atomic mass is 19.1. The molecule has 2 rings (SSSR count). The van der Waals surface area contributed by atoms with Crippen molar-refractivity contribution in [2.24, 2.45) is 0 Å². The lowest BCUT2D eigenvalue weighted by Crippen LogP contribution is -2.34. The Balaban J connectivity index is 2.68. The second kappa shape index (κ2) is 7.55. The van der Waals surface area contributed by atoms with Crippen molar-refractivity contribution in [3.8, 4) is 0 Å². The predicted octanol–water partition coefficient (Wildman–Crippen LogP) is 4.09. The van der Waals surface area contributed by atoms with Crippen molar-refractivity contribution >= 4 is 28.8 Å². The average molecular weight is 327 g/mol. The minimum atomic E-state index is -1.03. The van der Waals surface area contributed by atoms with Crippen molar-refractivity contribution in [3.63, 3.8) is 0 Å². The number of para-hydroxylation sites is 1. The van der Waals surface area contributed by atoms with Crippen LogP contribution in [0.15, 0.2) is 55.1 Å². The van der Waals surface area contributed by atoms with Gasteiger partial charge in [0, 0.05) is 11.3 Å². The van der Waals surface area contributed by atoms with Crippen molar-refractivity contribution < 1.29 is 18.7 Å². The highest BCUT2D eigenvalue weighted by Gasteiger charge is 2.28. The van der Waals surface area contributed by atoms with Crippen LogP contribution in [0.25, 0.3) is 5.57 Å². The van der Waals surface area contributed by atoms with Crippen LogP contribution in [0.2, 0.25) is 0 Å². The van der Waals surface area contributed by atoms with Crippen molar-refractivity contribution in [2.45, 2.75) is 13.3 Å². The maximum atomic E-state index is 13.9. The highest BCUT2D eigenvalue weighted by Crippen LogP contribution is 2.34. The molecule has 0 radical (unpaired) electrons. The number of anilines is 2. The number of allylic oxidation sites excluding steroid dienone is 1. The summed E-state index contributed by atoms with van der Waals surface area (Å²) in [7, 11) is 1.13. The van der Waals surface area contributed by atoms with E-state index in [1.165, 1.54) is 12.1 Å². The van der Waals surface area contributed by atoms with Gasteiger partial charge in [0.15, 0.2) is 0 Å². The summed E-state index contributed by atoms with van der Waals surface area (Å²) in [6.45, 7) is 5.86. The van der Waals surface area contributed by atoms with E-state index in [0.29, 0.717) is 17.7 Å². The number of methoxy groups -OCH3 is 1. The third-order valence-corrected chi connectivity index (χ3v) is 3.59. The molecule has 24 heavy (non-hydrogen) atoms. The third-order valence-electron chi connectivity index (χ3n) is 3.59. The maximum absolute atomic E-state index is 13.9. The normalized spacial score (nSPS) is 10.1. The van der Waals surface area contributed by atoms with Gasteiger partial charge in [0.05, 0.1) is 12.8 Å². The van der Waals surface area contributed by atoms with Crippen LogP contribution < -0.4 is 4.90 Å².